The zero-order valence-electron chi connectivity index (χ0n) is 16.2. The number of hydrazone groups is 1. The van der Waals surface area contributed by atoms with Crippen molar-refractivity contribution in [2.75, 3.05) is 21.3 Å². The van der Waals surface area contributed by atoms with Crippen LogP contribution in [0.3, 0.4) is 0 Å². The zero-order valence-corrected chi connectivity index (χ0v) is 16.2. The van der Waals surface area contributed by atoms with Gasteiger partial charge in [-0.25, -0.2) is 4.79 Å². The first-order valence-corrected chi connectivity index (χ1v) is 8.94. The molecule has 0 saturated carbocycles. The molecule has 0 spiro atoms. The second kappa shape index (κ2) is 7.38. The van der Waals surface area contributed by atoms with Crippen LogP contribution < -0.4 is 25.3 Å². The molecule has 3 aromatic rings. The molecular formula is C21H20N2O6. The van der Waals surface area contributed by atoms with E-state index in [1.54, 1.807) is 39.5 Å². The molecule has 1 unspecified atom stereocenters. The van der Waals surface area contributed by atoms with Gasteiger partial charge >= 0.3 is 5.63 Å². The van der Waals surface area contributed by atoms with Gasteiger partial charge in [0.1, 0.15) is 5.75 Å². The molecule has 150 valence electrons. The van der Waals surface area contributed by atoms with Crippen LogP contribution in [0, 0.1) is 0 Å². The lowest BCUT2D eigenvalue weighted by atomic mass is 9.96. The van der Waals surface area contributed by atoms with Crippen LogP contribution in [0.5, 0.6) is 23.0 Å². The van der Waals surface area contributed by atoms with Gasteiger partial charge in [0.25, 0.3) is 0 Å². The molecule has 1 aromatic heterocycles. The topological polar surface area (TPSA) is 103 Å². The first-order chi connectivity index (χ1) is 14.0. The second-order valence-electron chi connectivity index (χ2n) is 6.54. The molecule has 2 N–H and O–H groups in total. The molecule has 29 heavy (non-hydrogen) atoms. The van der Waals surface area contributed by atoms with Crippen LogP contribution >= 0.6 is 0 Å². The summed E-state index contributed by atoms with van der Waals surface area (Å²) in [6.45, 7) is 0. The summed E-state index contributed by atoms with van der Waals surface area (Å²) in [6.07, 6.45) is 0.462. The molecule has 8 nitrogen and oxygen atoms in total. The normalized spacial score (nSPS) is 15.7. The fourth-order valence-corrected chi connectivity index (χ4v) is 3.49. The molecule has 0 radical (unpaired) electrons. The van der Waals surface area contributed by atoms with Crippen LogP contribution in [0.25, 0.3) is 11.0 Å². The SMILES string of the molecule is COc1cc(C2CC(c3c(O)ccc4ccc(=O)oc34)=NN2)cc(OC)c1OC. The predicted octanol–water partition coefficient (Wildman–Crippen LogP) is 2.96. The van der Waals surface area contributed by atoms with Crippen molar-refractivity contribution in [1.82, 2.24) is 5.43 Å². The summed E-state index contributed by atoms with van der Waals surface area (Å²) in [5.74, 6) is 1.58. The lowest BCUT2D eigenvalue weighted by Crippen LogP contribution is -2.11. The molecule has 2 aromatic carbocycles. The van der Waals surface area contributed by atoms with Gasteiger partial charge in [-0.2, -0.15) is 5.10 Å². The highest BCUT2D eigenvalue weighted by Gasteiger charge is 2.27. The number of hydrogen-bond donors (Lipinski definition) is 2. The summed E-state index contributed by atoms with van der Waals surface area (Å²) in [6, 6.07) is 9.76. The smallest absolute Gasteiger partial charge is 0.336 e. The minimum absolute atomic E-state index is 0.00191. The minimum atomic E-state index is -0.489. The summed E-state index contributed by atoms with van der Waals surface area (Å²) in [7, 11) is 4.66. The van der Waals surface area contributed by atoms with Crippen molar-refractivity contribution in [2.45, 2.75) is 12.5 Å². The van der Waals surface area contributed by atoms with E-state index in [4.69, 9.17) is 18.6 Å². The maximum atomic E-state index is 11.7. The number of benzene rings is 2. The van der Waals surface area contributed by atoms with Gasteiger partial charge in [0.15, 0.2) is 17.1 Å². The Bertz CT molecular complexity index is 1140. The van der Waals surface area contributed by atoms with Crippen molar-refractivity contribution in [1.29, 1.82) is 0 Å². The van der Waals surface area contributed by atoms with E-state index < -0.39 is 5.63 Å². The Morgan fingerprint density at radius 2 is 1.76 bits per heavy atom. The summed E-state index contributed by atoms with van der Waals surface area (Å²) in [4.78, 5) is 11.7. The van der Waals surface area contributed by atoms with Crippen molar-refractivity contribution in [2.24, 2.45) is 5.10 Å². The van der Waals surface area contributed by atoms with E-state index in [1.165, 1.54) is 6.07 Å². The van der Waals surface area contributed by atoms with Crippen molar-refractivity contribution in [3.63, 3.8) is 0 Å². The van der Waals surface area contributed by atoms with Gasteiger partial charge in [0.05, 0.1) is 38.6 Å². The molecular weight excluding hydrogens is 376 g/mol. The zero-order chi connectivity index (χ0) is 20.5. The van der Waals surface area contributed by atoms with Gasteiger partial charge in [0, 0.05) is 17.9 Å². The number of fused-ring (bicyclic) bond motifs is 1. The van der Waals surface area contributed by atoms with Crippen molar-refractivity contribution >= 4 is 16.7 Å². The van der Waals surface area contributed by atoms with Gasteiger partial charge in [-0.1, -0.05) is 0 Å². The quantitative estimate of drug-likeness (QED) is 0.639. The molecule has 0 aliphatic carbocycles. The first kappa shape index (κ1) is 18.7. The lowest BCUT2D eigenvalue weighted by molar-refractivity contribution is 0.323. The van der Waals surface area contributed by atoms with Crippen LogP contribution in [0.1, 0.15) is 23.6 Å². The van der Waals surface area contributed by atoms with Gasteiger partial charge < -0.3 is 29.2 Å². The van der Waals surface area contributed by atoms with Crippen LogP contribution in [-0.2, 0) is 0 Å². The number of phenols is 1. The molecule has 4 rings (SSSR count). The Labute approximate surface area is 166 Å². The lowest BCUT2D eigenvalue weighted by Gasteiger charge is -2.17. The maximum Gasteiger partial charge on any atom is 0.336 e. The van der Waals surface area contributed by atoms with E-state index in [0.717, 1.165) is 5.56 Å². The third kappa shape index (κ3) is 3.22. The van der Waals surface area contributed by atoms with Crippen molar-refractivity contribution < 1.29 is 23.7 Å². The van der Waals surface area contributed by atoms with Crippen molar-refractivity contribution in [3.8, 4) is 23.0 Å². The standard InChI is InChI=1S/C21H20N2O6/c1-26-16-8-12(9-17(27-2)21(16)28-3)13-10-14(23-22-13)19-15(24)6-4-11-5-7-18(25)29-20(11)19/h4-9,13,22,24H,10H2,1-3H3. The molecule has 2 heterocycles. The van der Waals surface area contributed by atoms with E-state index in [2.05, 4.69) is 10.5 Å². The maximum absolute atomic E-state index is 11.7. The van der Waals surface area contributed by atoms with E-state index in [-0.39, 0.29) is 11.8 Å². The highest BCUT2D eigenvalue weighted by Crippen LogP contribution is 2.41. The molecule has 1 aliphatic heterocycles. The third-order valence-electron chi connectivity index (χ3n) is 4.90. The molecule has 0 saturated heterocycles. The van der Waals surface area contributed by atoms with E-state index in [0.29, 0.717) is 45.9 Å². The second-order valence-corrected chi connectivity index (χ2v) is 6.54. The Kier molecular flexibility index (Phi) is 4.75. The molecule has 0 amide bonds. The summed E-state index contributed by atoms with van der Waals surface area (Å²) < 4.78 is 21.6. The van der Waals surface area contributed by atoms with E-state index in [1.807, 2.05) is 12.1 Å². The number of hydrogen-bond acceptors (Lipinski definition) is 8. The number of nitrogens with one attached hydrogen (secondary N) is 1. The van der Waals surface area contributed by atoms with E-state index in [9.17, 15) is 9.90 Å². The molecule has 1 aliphatic rings. The minimum Gasteiger partial charge on any atom is -0.507 e. The Morgan fingerprint density at radius 3 is 2.41 bits per heavy atom. The van der Waals surface area contributed by atoms with Crippen molar-refractivity contribution in [3.05, 3.63) is 57.9 Å². The Balaban J connectivity index is 1.72. The average Bonchev–Trinajstić information content (AvgIpc) is 3.22. The van der Waals surface area contributed by atoms with Crippen LogP contribution in [0.2, 0.25) is 0 Å². The number of rotatable bonds is 5. The number of phenolic OH excluding ortho intramolecular Hbond substituents is 1. The number of methoxy groups -OCH3 is 3. The molecule has 0 fully saturated rings. The van der Waals surface area contributed by atoms with Crippen LogP contribution in [-0.4, -0.2) is 32.1 Å². The largest absolute Gasteiger partial charge is 0.507 e. The average molecular weight is 396 g/mol. The number of aromatic hydroxyl groups is 1. The fraction of sp³-hybridized carbons (Fsp3) is 0.238. The van der Waals surface area contributed by atoms with Crippen LogP contribution in [0.15, 0.2) is 50.7 Å². The highest BCUT2D eigenvalue weighted by atomic mass is 16.5. The molecule has 0 bridgehead atoms. The monoisotopic (exact) mass is 396 g/mol. The highest BCUT2D eigenvalue weighted by molar-refractivity contribution is 6.12. The summed E-state index contributed by atoms with van der Waals surface area (Å²) >= 11 is 0. The molecule has 1 atom stereocenters. The Hall–Kier alpha value is -3.68. The third-order valence-corrected chi connectivity index (χ3v) is 4.90. The predicted molar refractivity (Wildman–Crippen MR) is 107 cm³/mol. The fourth-order valence-electron chi connectivity index (χ4n) is 3.49. The van der Waals surface area contributed by atoms with Gasteiger partial charge in [-0.05, 0) is 35.9 Å². The number of ether oxygens (including phenoxy) is 3. The number of nitrogens with zero attached hydrogens (tertiary/aromatic N) is 1. The van der Waals surface area contributed by atoms with E-state index >= 15 is 0 Å². The van der Waals surface area contributed by atoms with Gasteiger partial charge in [0.2, 0.25) is 5.75 Å². The van der Waals surface area contributed by atoms with Gasteiger partial charge in [-0.3, -0.25) is 0 Å². The molecule has 8 heteroatoms. The summed E-state index contributed by atoms with van der Waals surface area (Å²) in [5, 5.41) is 15.5. The van der Waals surface area contributed by atoms with Crippen LogP contribution in [0.4, 0.5) is 0 Å². The Morgan fingerprint density at radius 1 is 1.07 bits per heavy atom. The first-order valence-electron chi connectivity index (χ1n) is 8.94. The van der Waals surface area contributed by atoms with Gasteiger partial charge in [-0.15, -0.1) is 0 Å². The summed E-state index contributed by atoms with van der Waals surface area (Å²) in [5.41, 5.74) is 4.76.